The second-order valence-corrected chi connectivity index (χ2v) is 10.8. The molecule has 0 atom stereocenters. The molecule has 1 heterocycles. The van der Waals surface area contributed by atoms with Crippen LogP contribution in [0.1, 0.15) is 20.8 Å². The minimum absolute atomic E-state index is 0.270. The van der Waals surface area contributed by atoms with Crippen LogP contribution >= 0.6 is 0 Å². The Morgan fingerprint density at radius 2 is 1.71 bits per heavy atom. The van der Waals surface area contributed by atoms with Gasteiger partial charge in [-0.1, -0.05) is 20.8 Å². The number of rotatable bonds is 5. The van der Waals surface area contributed by atoms with Gasteiger partial charge in [0, 0.05) is 13.1 Å². The minimum Gasteiger partial charge on any atom is -0.414 e. The minimum atomic E-state index is -1.61. The highest BCUT2D eigenvalue weighted by Crippen LogP contribution is 2.36. The van der Waals surface area contributed by atoms with E-state index in [-0.39, 0.29) is 5.04 Å². The molecule has 102 valence electrons. The lowest BCUT2D eigenvalue weighted by Gasteiger charge is -2.36. The predicted octanol–water partition coefficient (Wildman–Crippen LogP) is 2.27. The van der Waals surface area contributed by atoms with Gasteiger partial charge in [-0.15, -0.1) is 0 Å². The predicted molar refractivity (Wildman–Crippen MR) is 71.5 cm³/mol. The van der Waals surface area contributed by atoms with E-state index in [1.165, 1.54) is 0 Å². The van der Waals surface area contributed by atoms with Gasteiger partial charge in [-0.05, 0) is 18.1 Å². The number of hydrogen-bond acceptors (Lipinski definition) is 4. The molecule has 0 aromatic heterocycles. The number of nitrogens with zero attached hydrogens (tertiary/aromatic N) is 1. The van der Waals surface area contributed by atoms with Crippen LogP contribution in [-0.4, -0.2) is 52.9 Å². The van der Waals surface area contributed by atoms with Gasteiger partial charge in [0.15, 0.2) is 8.32 Å². The smallest absolute Gasteiger partial charge is 0.192 e. The fourth-order valence-corrected chi connectivity index (χ4v) is 2.38. The maximum atomic E-state index is 6.04. The molecule has 0 bridgehead atoms. The molecule has 0 unspecified atom stereocenters. The molecule has 17 heavy (non-hydrogen) atoms. The maximum Gasteiger partial charge on any atom is 0.192 e. The lowest BCUT2D eigenvalue weighted by atomic mass is 10.2. The molecule has 1 rings (SSSR count). The van der Waals surface area contributed by atoms with Gasteiger partial charge in [0.05, 0.1) is 26.4 Å². The lowest BCUT2D eigenvalue weighted by molar-refractivity contribution is -0.197. The summed E-state index contributed by atoms with van der Waals surface area (Å²) < 4.78 is 11.3. The van der Waals surface area contributed by atoms with Crippen LogP contribution in [0.3, 0.4) is 0 Å². The van der Waals surface area contributed by atoms with E-state index in [9.17, 15) is 0 Å². The van der Waals surface area contributed by atoms with Crippen molar-refractivity contribution in [2.24, 2.45) is 0 Å². The fourth-order valence-electron chi connectivity index (χ4n) is 1.36. The second-order valence-electron chi connectivity index (χ2n) is 5.98. The summed E-state index contributed by atoms with van der Waals surface area (Å²) in [5.74, 6) is 0. The van der Waals surface area contributed by atoms with Crippen LogP contribution in [0.2, 0.25) is 18.1 Å². The van der Waals surface area contributed by atoms with Crippen LogP contribution in [0.5, 0.6) is 0 Å². The van der Waals surface area contributed by atoms with E-state index >= 15 is 0 Å². The van der Waals surface area contributed by atoms with Gasteiger partial charge in [0.2, 0.25) is 0 Å². The van der Waals surface area contributed by atoms with Crippen molar-refractivity contribution in [3.8, 4) is 0 Å². The van der Waals surface area contributed by atoms with E-state index < -0.39 is 8.32 Å². The van der Waals surface area contributed by atoms with Gasteiger partial charge in [-0.25, -0.2) is 0 Å². The standard InChI is InChI=1S/C12H27NO3Si/c1-12(2,3)17(4,5)16-11-10-15-13-6-8-14-9-7-13/h6-11H2,1-5H3. The highest BCUT2D eigenvalue weighted by molar-refractivity contribution is 6.74. The molecule has 1 fully saturated rings. The fraction of sp³-hybridized carbons (Fsp3) is 1.00. The molecule has 0 amide bonds. The molecule has 0 radical (unpaired) electrons. The summed E-state index contributed by atoms with van der Waals surface area (Å²) in [5.41, 5.74) is 0. The summed E-state index contributed by atoms with van der Waals surface area (Å²) in [5, 5.41) is 2.24. The Morgan fingerprint density at radius 3 is 2.24 bits per heavy atom. The number of hydrogen-bond donors (Lipinski definition) is 0. The average molecular weight is 261 g/mol. The highest BCUT2D eigenvalue weighted by Gasteiger charge is 2.36. The quantitative estimate of drug-likeness (QED) is 0.561. The zero-order valence-electron chi connectivity index (χ0n) is 11.9. The van der Waals surface area contributed by atoms with Crippen molar-refractivity contribution in [1.29, 1.82) is 0 Å². The molecule has 4 nitrogen and oxygen atoms in total. The molecular weight excluding hydrogens is 234 g/mol. The van der Waals surface area contributed by atoms with Gasteiger partial charge in [0.25, 0.3) is 0 Å². The lowest BCUT2D eigenvalue weighted by Crippen LogP contribution is -2.42. The van der Waals surface area contributed by atoms with E-state index in [0.29, 0.717) is 13.2 Å². The summed E-state index contributed by atoms with van der Waals surface area (Å²) in [4.78, 5) is 5.64. The molecule has 0 aliphatic carbocycles. The SMILES string of the molecule is CC(C)(C)[Si](C)(C)OCCON1CCOCC1. The van der Waals surface area contributed by atoms with Crippen LogP contribution in [0, 0.1) is 0 Å². The van der Waals surface area contributed by atoms with Gasteiger partial charge in [0.1, 0.15) is 0 Å². The Balaban J connectivity index is 2.15. The average Bonchev–Trinajstić information content (AvgIpc) is 2.24. The Hall–Kier alpha value is 0.0569. The molecule has 5 heteroatoms. The third-order valence-electron chi connectivity index (χ3n) is 3.60. The monoisotopic (exact) mass is 261 g/mol. The van der Waals surface area contributed by atoms with Crippen LogP contribution in [-0.2, 0) is 14.0 Å². The Morgan fingerprint density at radius 1 is 1.12 bits per heavy atom. The largest absolute Gasteiger partial charge is 0.414 e. The first kappa shape index (κ1) is 15.1. The van der Waals surface area contributed by atoms with E-state index in [1.807, 2.05) is 5.06 Å². The van der Waals surface area contributed by atoms with Crippen LogP contribution in [0.25, 0.3) is 0 Å². The zero-order valence-corrected chi connectivity index (χ0v) is 12.9. The van der Waals surface area contributed by atoms with Crippen molar-refractivity contribution in [2.75, 3.05) is 39.5 Å². The number of ether oxygens (including phenoxy) is 1. The van der Waals surface area contributed by atoms with Gasteiger partial charge in [-0.3, -0.25) is 4.84 Å². The molecule has 0 aromatic carbocycles. The van der Waals surface area contributed by atoms with E-state index in [2.05, 4.69) is 33.9 Å². The number of hydroxylamine groups is 2. The summed E-state index contributed by atoms with van der Waals surface area (Å²) >= 11 is 0. The van der Waals surface area contributed by atoms with Gasteiger partial charge < -0.3 is 9.16 Å². The number of morpholine rings is 1. The van der Waals surface area contributed by atoms with E-state index in [4.69, 9.17) is 14.0 Å². The Kier molecular flexibility index (Phi) is 5.59. The normalized spacial score (nSPS) is 19.6. The van der Waals surface area contributed by atoms with Gasteiger partial charge in [-0.2, -0.15) is 5.06 Å². The molecule has 1 aliphatic rings. The molecule has 0 spiro atoms. The highest BCUT2D eigenvalue weighted by atomic mass is 28.4. The second kappa shape index (κ2) is 6.29. The summed E-state index contributed by atoms with van der Waals surface area (Å²) in [6, 6.07) is 0. The van der Waals surface area contributed by atoms with Gasteiger partial charge >= 0.3 is 0 Å². The molecule has 0 saturated carbocycles. The zero-order chi connectivity index (χ0) is 12.9. The Bertz CT molecular complexity index is 222. The van der Waals surface area contributed by atoms with Crippen LogP contribution < -0.4 is 0 Å². The van der Waals surface area contributed by atoms with Crippen molar-refractivity contribution < 1.29 is 14.0 Å². The van der Waals surface area contributed by atoms with Crippen LogP contribution in [0.15, 0.2) is 0 Å². The summed E-state index contributed by atoms with van der Waals surface area (Å²) in [6.45, 7) is 15.9. The van der Waals surface area contributed by atoms with Crippen molar-refractivity contribution in [3.63, 3.8) is 0 Å². The third-order valence-corrected chi connectivity index (χ3v) is 8.13. The maximum absolute atomic E-state index is 6.04. The van der Waals surface area contributed by atoms with Crippen molar-refractivity contribution in [2.45, 2.75) is 38.9 Å². The third kappa shape index (κ3) is 5.05. The molecule has 1 saturated heterocycles. The summed E-state index contributed by atoms with van der Waals surface area (Å²) in [6.07, 6.45) is 0. The topological polar surface area (TPSA) is 30.9 Å². The Labute approximate surface area is 106 Å². The molecule has 0 N–H and O–H groups in total. The van der Waals surface area contributed by atoms with E-state index in [1.54, 1.807) is 0 Å². The van der Waals surface area contributed by atoms with Crippen molar-refractivity contribution in [3.05, 3.63) is 0 Å². The molecule has 1 aliphatic heterocycles. The van der Waals surface area contributed by atoms with E-state index in [0.717, 1.165) is 26.3 Å². The molecular formula is C12H27NO3Si. The van der Waals surface area contributed by atoms with Crippen molar-refractivity contribution in [1.82, 2.24) is 5.06 Å². The first-order valence-corrected chi connectivity index (χ1v) is 9.33. The van der Waals surface area contributed by atoms with Crippen LogP contribution in [0.4, 0.5) is 0 Å². The summed E-state index contributed by atoms with van der Waals surface area (Å²) in [7, 11) is -1.61. The first-order chi connectivity index (χ1) is 7.83. The van der Waals surface area contributed by atoms with Crippen molar-refractivity contribution >= 4 is 8.32 Å². The molecule has 0 aromatic rings. The first-order valence-electron chi connectivity index (χ1n) is 6.42.